The Bertz CT molecular complexity index is 816. The lowest BCUT2D eigenvalue weighted by molar-refractivity contribution is 0.0696. The van der Waals surface area contributed by atoms with Crippen LogP contribution in [0.4, 0.5) is 0 Å². The van der Waals surface area contributed by atoms with Crippen LogP contribution in [0.15, 0.2) is 53.7 Å². The molecule has 0 bridgehead atoms. The number of imidazole rings is 1. The van der Waals surface area contributed by atoms with E-state index in [9.17, 15) is 4.79 Å². The smallest absolute Gasteiger partial charge is 0.335 e. The zero-order valence-electron chi connectivity index (χ0n) is 10.9. The Balaban J connectivity index is 1.77. The monoisotopic (exact) mass is 318 g/mol. The van der Waals surface area contributed by atoms with Crippen molar-refractivity contribution in [3.05, 3.63) is 65.1 Å². The number of hydrogen-bond donors (Lipinski definition) is 1. The number of fused-ring (bicyclic) bond motifs is 1. The number of carbonyl (C=O) groups is 1. The second-order valence-corrected chi connectivity index (χ2v) is 5.95. The third-order valence-corrected chi connectivity index (χ3v) is 4.18. The fourth-order valence-corrected chi connectivity index (χ4v) is 2.97. The van der Waals surface area contributed by atoms with Crippen molar-refractivity contribution in [2.75, 3.05) is 0 Å². The summed E-state index contributed by atoms with van der Waals surface area (Å²) in [5.41, 5.74) is 2.05. The molecule has 0 fully saturated rings. The largest absolute Gasteiger partial charge is 0.478 e. The number of nitrogens with zero attached hydrogens (tertiary/aromatic N) is 2. The van der Waals surface area contributed by atoms with Gasteiger partial charge in [-0.25, -0.2) is 9.78 Å². The quantitative estimate of drug-likeness (QED) is 0.739. The van der Waals surface area contributed by atoms with E-state index >= 15 is 0 Å². The van der Waals surface area contributed by atoms with Crippen LogP contribution in [-0.2, 0) is 5.75 Å². The van der Waals surface area contributed by atoms with Crippen molar-refractivity contribution >= 4 is 35.0 Å². The van der Waals surface area contributed by atoms with Gasteiger partial charge in [0.2, 0.25) is 0 Å². The Morgan fingerprint density at radius 3 is 2.95 bits per heavy atom. The first-order valence-corrected chi connectivity index (χ1v) is 7.57. The minimum absolute atomic E-state index is 0.293. The molecule has 21 heavy (non-hydrogen) atoms. The van der Waals surface area contributed by atoms with E-state index in [0.29, 0.717) is 16.3 Å². The van der Waals surface area contributed by atoms with Crippen LogP contribution in [0.5, 0.6) is 0 Å². The van der Waals surface area contributed by atoms with Gasteiger partial charge in [-0.15, -0.1) is 11.8 Å². The molecule has 3 aromatic rings. The van der Waals surface area contributed by atoms with E-state index in [0.717, 1.165) is 16.2 Å². The van der Waals surface area contributed by atoms with Crippen molar-refractivity contribution < 1.29 is 9.90 Å². The number of halogens is 1. The molecule has 106 valence electrons. The molecule has 0 saturated heterocycles. The summed E-state index contributed by atoms with van der Waals surface area (Å²) in [4.78, 5) is 16.3. The van der Waals surface area contributed by atoms with E-state index in [4.69, 9.17) is 16.7 Å². The predicted molar refractivity (Wildman–Crippen MR) is 83.2 cm³/mol. The minimum Gasteiger partial charge on any atom is -0.478 e. The highest BCUT2D eigenvalue weighted by molar-refractivity contribution is 7.98. The first kappa shape index (κ1) is 14.0. The van der Waals surface area contributed by atoms with Crippen LogP contribution in [-0.4, -0.2) is 20.5 Å². The molecule has 0 radical (unpaired) electrons. The molecule has 3 rings (SSSR count). The number of thioether (sulfide) groups is 1. The van der Waals surface area contributed by atoms with Crippen molar-refractivity contribution in [3.8, 4) is 0 Å². The summed E-state index contributed by atoms with van der Waals surface area (Å²) >= 11 is 7.49. The molecule has 1 N–H and O–H groups in total. The van der Waals surface area contributed by atoms with Gasteiger partial charge < -0.3 is 9.51 Å². The maximum atomic E-state index is 10.9. The standard InChI is InChI=1S/C15H11ClN2O2S/c16-11-4-5-14-17-12(8-18(14)7-11)9-21-13-3-1-2-10(6-13)15(19)20/h1-8H,9H2,(H,19,20). The van der Waals surface area contributed by atoms with Crippen LogP contribution < -0.4 is 0 Å². The molecule has 0 aliphatic heterocycles. The van der Waals surface area contributed by atoms with Gasteiger partial charge in [-0.05, 0) is 30.3 Å². The van der Waals surface area contributed by atoms with Crippen molar-refractivity contribution in [1.82, 2.24) is 9.38 Å². The van der Waals surface area contributed by atoms with E-state index in [1.807, 2.05) is 28.9 Å². The molecule has 0 saturated carbocycles. The SMILES string of the molecule is O=C(O)c1cccc(SCc2cn3cc(Cl)ccc3n2)c1. The molecule has 1 aromatic carbocycles. The van der Waals surface area contributed by atoms with E-state index in [1.165, 1.54) is 0 Å². The summed E-state index contributed by atoms with van der Waals surface area (Å²) in [6.45, 7) is 0. The summed E-state index contributed by atoms with van der Waals surface area (Å²) in [5.74, 6) is -0.248. The Morgan fingerprint density at radius 2 is 2.14 bits per heavy atom. The lowest BCUT2D eigenvalue weighted by Gasteiger charge is -2.00. The molecule has 0 aliphatic carbocycles. The molecule has 0 spiro atoms. The van der Waals surface area contributed by atoms with E-state index < -0.39 is 5.97 Å². The number of pyridine rings is 1. The number of aromatic carboxylic acids is 1. The Kier molecular flexibility index (Phi) is 3.86. The zero-order chi connectivity index (χ0) is 14.8. The Hall–Kier alpha value is -1.98. The lowest BCUT2D eigenvalue weighted by Crippen LogP contribution is -1.95. The average Bonchev–Trinajstić information content (AvgIpc) is 2.87. The first-order valence-electron chi connectivity index (χ1n) is 6.21. The lowest BCUT2D eigenvalue weighted by atomic mass is 10.2. The molecule has 0 aliphatic rings. The number of rotatable bonds is 4. The van der Waals surface area contributed by atoms with Crippen molar-refractivity contribution in [3.63, 3.8) is 0 Å². The molecule has 4 nitrogen and oxygen atoms in total. The fourth-order valence-electron chi connectivity index (χ4n) is 1.96. The van der Waals surface area contributed by atoms with Gasteiger partial charge in [-0.2, -0.15) is 0 Å². The van der Waals surface area contributed by atoms with Crippen LogP contribution in [0.1, 0.15) is 16.1 Å². The molecule has 0 atom stereocenters. The van der Waals surface area contributed by atoms with E-state index in [-0.39, 0.29) is 0 Å². The van der Waals surface area contributed by atoms with Crippen LogP contribution in [0.2, 0.25) is 5.02 Å². The second kappa shape index (κ2) is 5.79. The van der Waals surface area contributed by atoms with E-state index in [1.54, 1.807) is 36.0 Å². The van der Waals surface area contributed by atoms with Gasteiger partial charge in [0.15, 0.2) is 0 Å². The van der Waals surface area contributed by atoms with E-state index in [2.05, 4.69) is 4.98 Å². The maximum absolute atomic E-state index is 10.9. The number of hydrogen-bond acceptors (Lipinski definition) is 3. The average molecular weight is 319 g/mol. The first-order chi connectivity index (χ1) is 10.1. The Labute approximate surface area is 130 Å². The van der Waals surface area contributed by atoms with Gasteiger partial charge in [0.1, 0.15) is 5.65 Å². The molecular weight excluding hydrogens is 308 g/mol. The van der Waals surface area contributed by atoms with Crippen LogP contribution in [0.3, 0.4) is 0 Å². The van der Waals surface area contributed by atoms with Crippen molar-refractivity contribution in [1.29, 1.82) is 0 Å². The summed E-state index contributed by atoms with van der Waals surface area (Å²) in [5, 5.41) is 9.64. The van der Waals surface area contributed by atoms with Crippen LogP contribution in [0, 0.1) is 0 Å². The summed E-state index contributed by atoms with van der Waals surface area (Å²) in [6, 6.07) is 10.6. The zero-order valence-corrected chi connectivity index (χ0v) is 12.4. The second-order valence-electron chi connectivity index (χ2n) is 4.47. The third-order valence-electron chi connectivity index (χ3n) is 2.93. The third kappa shape index (κ3) is 3.20. The van der Waals surface area contributed by atoms with Gasteiger partial charge in [0.25, 0.3) is 0 Å². The fraction of sp³-hybridized carbons (Fsp3) is 0.0667. The number of carboxylic acid groups (broad SMARTS) is 1. The predicted octanol–water partition coefficient (Wildman–Crippen LogP) is 3.98. The highest BCUT2D eigenvalue weighted by atomic mass is 35.5. The van der Waals surface area contributed by atoms with Crippen molar-refractivity contribution in [2.24, 2.45) is 0 Å². The highest BCUT2D eigenvalue weighted by Gasteiger charge is 2.06. The molecule has 0 amide bonds. The summed E-state index contributed by atoms with van der Waals surface area (Å²) in [7, 11) is 0. The molecular formula is C15H11ClN2O2S. The highest BCUT2D eigenvalue weighted by Crippen LogP contribution is 2.24. The van der Waals surface area contributed by atoms with Gasteiger partial charge >= 0.3 is 5.97 Å². The normalized spacial score (nSPS) is 10.9. The van der Waals surface area contributed by atoms with Crippen LogP contribution >= 0.6 is 23.4 Å². The number of aromatic nitrogens is 2. The Morgan fingerprint density at radius 1 is 1.29 bits per heavy atom. The summed E-state index contributed by atoms with van der Waals surface area (Å²) in [6.07, 6.45) is 3.73. The molecule has 2 heterocycles. The van der Waals surface area contributed by atoms with Gasteiger partial charge in [0, 0.05) is 23.0 Å². The van der Waals surface area contributed by atoms with Crippen molar-refractivity contribution in [2.45, 2.75) is 10.6 Å². The topological polar surface area (TPSA) is 54.6 Å². The van der Waals surface area contributed by atoms with Gasteiger partial charge in [-0.3, -0.25) is 0 Å². The van der Waals surface area contributed by atoms with Gasteiger partial charge in [-0.1, -0.05) is 17.7 Å². The van der Waals surface area contributed by atoms with Crippen LogP contribution in [0.25, 0.3) is 5.65 Å². The molecule has 0 unspecified atom stereocenters. The van der Waals surface area contributed by atoms with Gasteiger partial charge in [0.05, 0.1) is 16.3 Å². The molecule has 2 aromatic heterocycles. The minimum atomic E-state index is -0.917. The number of carboxylic acids is 1. The molecule has 6 heteroatoms. The number of benzene rings is 1. The maximum Gasteiger partial charge on any atom is 0.335 e. The summed E-state index contributed by atoms with van der Waals surface area (Å²) < 4.78 is 1.88.